The summed E-state index contributed by atoms with van der Waals surface area (Å²) in [6, 6.07) is 6.86. The minimum Gasteiger partial charge on any atom is -0.493 e. The van der Waals surface area contributed by atoms with E-state index in [2.05, 4.69) is 10.3 Å². The normalized spacial score (nSPS) is 14.4. The summed E-state index contributed by atoms with van der Waals surface area (Å²) < 4.78 is 23.7. The van der Waals surface area contributed by atoms with Gasteiger partial charge in [0.15, 0.2) is 33.9 Å². The molecule has 3 aliphatic rings. The number of methoxy groups -OCH3 is 2. The van der Waals surface area contributed by atoms with E-state index < -0.39 is 0 Å². The number of hydrogen-bond donors (Lipinski definition) is 1. The van der Waals surface area contributed by atoms with E-state index in [0.717, 1.165) is 17.5 Å². The standard InChI is InChI=1S/C25H23N3O6S.2ClH/c1-31-17-8-13-16(11-18(17)32-2)24(30)28(6-3-4-26-25-27-5-7-35-25)22-14-9-19-20(34-12-33-19)10-15(14)23(29)21(13)22;;/h8-11H,3-7,12H2,1-2H3,(H,26,27);2*1H. The van der Waals surface area contributed by atoms with Crippen LogP contribution in [-0.2, 0) is 6.54 Å². The summed E-state index contributed by atoms with van der Waals surface area (Å²) >= 11 is 1.70. The van der Waals surface area contributed by atoms with Crippen molar-refractivity contribution in [1.29, 1.82) is 0 Å². The van der Waals surface area contributed by atoms with Gasteiger partial charge in [0.1, 0.15) is 0 Å². The average Bonchev–Trinajstić information content (AvgIpc) is 3.62. The minimum absolute atomic E-state index is 0. The maximum absolute atomic E-state index is 13.8. The van der Waals surface area contributed by atoms with E-state index >= 15 is 0 Å². The number of thioether (sulfide) groups is 1. The summed E-state index contributed by atoms with van der Waals surface area (Å²) in [6.45, 7) is 2.02. The first-order chi connectivity index (χ1) is 17.1. The number of amidine groups is 1. The first-order valence-electron chi connectivity index (χ1n) is 11.3. The van der Waals surface area contributed by atoms with Crippen LogP contribution in [0.2, 0.25) is 0 Å². The molecule has 2 aliphatic heterocycles. The molecule has 9 nitrogen and oxygen atoms in total. The van der Waals surface area contributed by atoms with Crippen molar-refractivity contribution in [2.75, 3.05) is 39.9 Å². The van der Waals surface area contributed by atoms with Gasteiger partial charge < -0.3 is 28.8 Å². The molecule has 1 aromatic heterocycles. The lowest BCUT2D eigenvalue weighted by atomic mass is 10.0. The van der Waals surface area contributed by atoms with Crippen molar-refractivity contribution >= 4 is 58.3 Å². The zero-order chi connectivity index (χ0) is 24.1. The Morgan fingerprint density at radius 3 is 2.32 bits per heavy atom. The molecule has 0 unspecified atom stereocenters. The van der Waals surface area contributed by atoms with Crippen molar-refractivity contribution in [3.63, 3.8) is 0 Å². The number of nitrogens with one attached hydrogen (secondary N) is 1. The molecule has 1 aliphatic carbocycles. The zero-order valence-electron chi connectivity index (χ0n) is 20.1. The Labute approximate surface area is 229 Å². The Kier molecular flexibility index (Phi) is 7.82. The topological polar surface area (TPSA) is 100 Å². The molecule has 0 atom stereocenters. The lowest BCUT2D eigenvalue weighted by Crippen LogP contribution is -2.27. The van der Waals surface area contributed by atoms with Crippen LogP contribution >= 0.6 is 36.6 Å². The third kappa shape index (κ3) is 4.36. The molecule has 0 bridgehead atoms. The van der Waals surface area contributed by atoms with Crippen LogP contribution in [0.25, 0.3) is 22.0 Å². The average molecular weight is 566 g/mol. The fraction of sp³-hybridized carbons (Fsp3) is 0.320. The number of carbonyl (C=O) groups is 1. The molecule has 0 amide bonds. The third-order valence-corrected chi connectivity index (χ3v) is 7.37. The van der Waals surface area contributed by atoms with Gasteiger partial charge in [-0.3, -0.25) is 14.6 Å². The third-order valence-electron chi connectivity index (χ3n) is 6.44. The quantitative estimate of drug-likeness (QED) is 0.351. The molecule has 0 spiro atoms. The van der Waals surface area contributed by atoms with Gasteiger partial charge in [-0.25, -0.2) is 0 Å². The summed E-state index contributed by atoms with van der Waals surface area (Å²) in [4.78, 5) is 31.9. The van der Waals surface area contributed by atoms with Crippen LogP contribution in [0.5, 0.6) is 23.0 Å². The van der Waals surface area contributed by atoms with Crippen LogP contribution in [0.15, 0.2) is 34.1 Å². The predicted octanol–water partition coefficient (Wildman–Crippen LogP) is 3.88. The SMILES string of the molecule is COc1cc2c3c(n(CCCNC4=NCCS4)c(=O)c2cc1OC)-c1cc2c(cc1C3=O)OCO2.Cl.Cl. The molecule has 37 heavy (non-hydrogen) atoms. The summed E-state index contributed by atoms with van der Waals surface area (Å²) in [5.41, 5.74) is 2.05. The minimum atomic E-state index is -0.189. The van der Waals surface area contributed by atoms with Crippen molar-refractivity contribution in [1.82, 2.24) is 9.88 Å². The van der Waals surface area contributed by atoms with Crippen LogP contribution in [0, 0.1) is 0 Å². The number of rotatable bonds is 6. The van der Waals surface area contributed by atoms with Gasteiger partial charge in [-0.2, -0.15) is 0 Å². The van der Waals surface area contributed by atoms with Crippen LogP contribution in [-0.4, -0.2) is 55.4 Å². The van der Waals surface area contributed by atoms with Crippen molar-refractivity contribution in [2.24, 2.45) is 4.99 Å². The highest BCUT2D eigenvalue weighted by Gasteiger charge is 2.35. The van der Waals surface area contributed by atoms with Gasteiger partial charge in [-0.1, -0.05) is 11.8 Å². The van der Waals surface area contributed by atoms with Gasteiger partial charge in [0, 0.05) is 35.4 Å². The van der Waals surface area contributed by atoms with E-state index in [9.17, 15) is 9.59 Å². The van der Waals surface area contributed by atoms with Crippen LogP contribution in [0.3, 0.4) is 0 Å². The number of halogens is 2. The molecule has 0 fully saturated rings. The largest absolute Gasteiger partial charge is 0.493 e. The summed E-state index contributed by atoms with van der Waals surface area (Å²) in [7, 11) is 3.05. The first-order valence-corrected chi connectivity index (χ1v) is 12.3. The Balaban J connectivity index is 0.00000160. The molecule has 2 aromatic carbocycles. The molecule has 3 heterocycles. The fourth-order valence-corrected chi connectivity index (χ4v) is 5.59. The summed E-state index contributed by atoms with van der Waals surface area (Å²) in [5.74, 6) is 2.81. The van der Waals surface area contributed by atoms with Crippen LogP contribution in [0.4, 0.5) is 0 Å². The van der Waals surface area contributed by atoms with Gasteiger partial charge in [-0.05, 0) is 30.7 Å². The maximum atomic E-state index is 13.8. The number of ether oxygens (including phenoxy) is 4. The Hall–Kier alpha value is -3.08. The van der Waals surface area contributed by atoms with Crippen molar-refractivity contribution < 1.29 is 23.7 Å². The first kappa shape index (κ1) is 27.0. The lowest BCUT2D eigenvalue weighted by Gasteiger charge is -2.17. The van der Waals surface area contributed by atoms with E-state index in [4.69, 9.17) is 18.9 Å². The summed E-state index contributed by atoms with van der Waals surface area (Å²) in [5, 5.41) is 5.21. The molecule has 1 N–H and O–H groups in total. The molecular formula is C25H25Cl2N3O6S. The zero-order valence-corrected chi connectivity index (χ0v) is 22.6. The molecule has 6 rings (SSSR count). The number of ketones is 1. The highest BCUT2D eigenvalue weighted by atomic mass is 35.5. The maximum Gasteiger partial charge on any atom is 0.259 e. The lowest BCUT2D eigenvalue weighted by molar-refractivity contribution is 0.104. The number of aromatic nitrogens is 1. The van der Waals surface area contributed by atoms with Crippen molar-refractivity contribution in [3.8, 4) is 34.3 Å². The van der Waals surface area contributed by atoms with E-state index in [0.29, 0.717) is 75.7 Å². The number of fused-ring (bicyclic) bond motifs is 6. The number of benzene rings is 2. The highest BCUT2D eigenvalue weighted by molar-refractivity contribution is 8.14. The van der Waals surface area contributed by atoms with Crippen molar-refractivity contribution in [2.45, 2.75) is 13.0 Å². The molecule has 0 saturated carbocycles. The Morgan fingerprint density at radius 1 is 1.00 bits per heavy atom. The van der Waals surface area contributed by atoms with E-state index in [1.165, 1.54) is 14.2 Å². The molecule has 0 radical (unpaired) electrons. The van der Waals surface area contributed by atoms with E-state index in [1.807, 2.05) is 0 Å². The van der Waals surface area contributed by atoms with Gasteiger partial charge in [0.2, 0.25) is 6.79 Å². The number of hydrogen-bond acceptors (Lipinski definition) is 9. The second kappa shape index (κ2) is 10.7. The monoisotopic (exact) mass is 565 g/mol. The van der Waals surface area contributed by atoms with E-state index in [-0.39, 0.29) is 42.9 Å². The second-order valence-corrected chi connectivity index (χ2v) is 9.41. The molecular weight excluding hydrogens is 541 g/mol. The van der Waals surface area contributed by atoms with Gasteiger partial charge >= 0.3 is 0 Å². The molecule has 3 aromatic rings. The smallest absolute Gasteiger partial charge is 0.259 e. The highest BCUT2D eigenvalue weighted by Crippen LogP contribution is 2.46. The van der Waals surface area contributed by atoms with Gasteiger partial charge in [0.25, 0.3) is 5.56 Å². The van der Waals surface area contributed by atoms with Gasteiger partial charge in [0.05, 0.1) is 37.4 Å². The second-order valence-electron chi connectivity index (χ2n) is 8.33. The van der Waals surface area contributed by atoms with Crippen LogP contribution in [0.1, 0.15) is 22.3 Å². The molecule has 0 saturated heterocycles. The Bertz CT molecular complexity index is 1490. The van der Waals surface area contributed by atoms with Crippen LogP contribution < -0.4 is 29.8 Å². The predicted molar refractivity (Wildman–Crippen MR) is 148 cm³/mol. The van der Waals surface area contributed by atoms with Gasteiger partial charge in [-0.15, -0.1) is 24.8 Å². The number of carbonyl (C=O) groups excluding carboxylic acids is 1. The number of aliphatic imine (C=N–C) groups is 1. The number of nitrogens with zero attached hydrogens (tertiary/aromatic N) is 2. The van der Waals surface area contributed by atoms with E-state index in [1.54, 1.807) is 40.6 Å². The summed E-state index contributed by atoms with van der Waals surface area (Å²) in [6.07, 6.45) is 0.679. The fourth-order valence-electron chi connectivity index (χ4n) is 4.83. The molecule has 196 valence electrons. The van der Waals surface area contributed by atoms with Crippen molar-refractivity contribution in [3.05, 3.63) is 45.7 Å². The Morgan fingerprint density at radius 2 is 1.68 bits per heavy atom. The molecule has 12 heteroatoms. The number of pyridine rings is 1.